The molecule has 0 atom stereocenters. The Labute approximate surface area is 117 Å². The number of benzene rings is 2. The zero-order chi connectivity index (χ0) is 14.7. The molecule has 100 valence electrons. The molecule has 0 saturated carbocycles. The zero-order valence-electron chi connectivity index (χ0n) is 12.6. The first-order valence-electron chi connectivity index (χ1n) is 6.93. The number of hydrogen-bond acceptors (Lipinski definition) is 1. The summed E-state index contributed by atoms with van der Waals surface area (Å²) in [6, 6.07) is 15.9. The van der Waals surface area contributed by atoms with Gasteiger partial charge in [0, 0.05) is 0 Å². The van der Waals surface area contributed by atoms with Gasteiger partial charge in [0.2, 0.25) is 0 Å². The van der Waals surface area contributed by atoms with Crippen LogP contribution in [0, 0.1) is 6.92 Å². The quantitative estimate of drug-likeness (QED) is 0.726. The summed E-state index contributed by atoms with van der Waals surface area (Å²) < 4.78 is 10.8. The molecule has 0 aliphatic carbocycles. The van der Waals surface area contributed by atoms with Gasteiger partial charge in [-0.25, -0.2) is 0 Å². The molecule has 0 aliphatic heterocycles. The molecular weight excluding hydrogens is 231 g/mol. The molecule has 0 N–H and O–H groups in total. The van der Waals surface area contributed by atoms with E-state index in [9.17, 15) is 4.70 Å². The second-order valence-corrected chi connectivity index (χ2v) is 3.50. The van der Waals surface area contributed by atoms with E-state index in [0.717, 1.165) is 29.3 Å². The van der Waals surface area contributed by atoms with E-state index in [-0.39, 0.29) is 0 Å². The Morgan fingerprint density at radius 1 is 0.789 bits per heavy atom. The van der Waals surface area contributed by atoms with Gasteiger partial charge in [0.05, 0.1) is 0 Å². The SMILES string of the molecule is CC.CC.Cc1c(B=O)cccc1-c1ccccc1. The molecule has 0 bridgehead atoms. The number of rotatable bonds is 2. The van der Waals surface area contributed by atoms with Gasteiger partial charge in [0.25, 0.3) is 0 Å². The van der Waals surface area contributed by atoms with E-state index in [1.165, 1.54) is 0 Å². The van der Waals surface area contributed by atoms with Crippen molar-refractivity contribution in [3.05, 3.63) is 54.1 Å². The van der Waals surface area contributed by atoms with Crippen molar-refractivity contribution in [1.29, 1.82) is 0 Å². The molecule has 0 unspecified atom stereocenters. The average Bonchev–Trinajstić information content (AvgIpc) is 2.52. The van der Waals surface area contributed by atoms with Gasteiger partial charge >= 0.3 is 89.5 Å². The van der Waals surface area contributed by atoms with Crippen LogP contribution in [0.15, 0.2) is 48.5 Å². The fourth-order valence-corrected chi connectivity index (χ4v) is 1.71. The first-order valence-corrected chi connectivity index (χ1v) is 6.93. The predicted octanol–water partition coefficient (Wildman–Crippen LogP) is 4.39. The molecular formula is C17H23BO. The molecule has 0 radical (unpaired) electrons. The Morgan fingerprint density at radius 3 is 1.89 bits per heavy atom. The molecule has 1 nitrogen and oxygen atoms in total. The van der Waals surface area contributed by atoms with E-state index in [4.69, 9.17) is 0 Å². The minimum atomic E-state index is 0.761. The van der Waals surface area contributed by atoms with Crippen LogP contribution in [0.5, 0.6) is 0 Å². The molecule has 2 heteroatoms. The van der Waals surface area contributed by atoms with Crippen molar-refractivity contribution in [3.63, 3.8) is 0 Å². The van der Waals surface area contributed by atoms with Gasteiger partial charge in [-0.05, 0) is 0 Å². The summed E-state index contributed by atoms with van der Waals surface area (Å²) in [7, 11) is 0.905. The van der Waals surface area contributed by atoms with Gasteiger partial charge < -0.3 is 0 Å². The van der Waals surface area contributed by atoms with Gasteiger partial charge in [-0.15, -0.1) is 0 Å². The van der Waals surface area contributed by atoms with Gasteiger partial charge in [0.15, 0.2) is 0 Å². The second kappa shape index (κ2) is 10.2. The van der Waals surface area contributed by atoms with E-state index in [1.54, 1.807) is 0 Å². The summed E-state index contributed by atoms with van der Waals surface area (Å²) in [6.45, 7) is 9.98. The molecule has 0 amide bonds. The van der Waals surface area contributed by atoms with Crippen LogP contribution < -0.4 is 5.46 Å². The topological polar surface area (TPSA) is 17.1 Å². The maximum atomic E-state index is 10.8. The third kappa shape index (κ3) is 4.82. The zero-order valence-corrected chi connectivity index (χ0v) is 12.6. The fourth-order valence-electron chi connectivity index (χ4n) is 1.71. The summed E-state index contributed by atoms with van der Waals surface area (Å²) in [6.07, 6.45) is 0. The number of hydrogen-bond donors (Lipinski definition) is 0. The Balaban J connectivity index is 0.000000741. The summed E-state index contributed by atoms with van der Waals surface area (Å²) in [5.74, 6) is 0. The molecule has 0 saturated heterocycles. The Morgan fingerprint density at radius 2 is 1.37 bits per heavy atom. The van der Waals surface area contributed by atoms with Crippen LogP contribution in [0.4, 0.5) is 0 Å². The molecule has 19 heavy (non-hydrogen) atoms. The van der Waals surface area contributed by atoms with Crippen molar-refractivity contribution < 1.29 is 4.70 Å². The average molecular weight is 254 g/mol. The van der Waals surface area contributed by atoms with Crippen molar-refractivity contribution >= 4 is 12.6 Å². The summed E-state index contributed by atoms with van der Waals surface area (Å²) in [5, 5.41) is 0. The Bertz CT molecular complexity index is 478. The van der Waals surface area contributed by atoms with E-state index in [2.05, 4.69) is 12.1 Å². The van der Waals surface area contributed by atoms with Gasteiger partial charge in [0.1, 0.15) is 0 Å². The molecule has 2 rings (SSSR count). The van der Waals surface area contributed by atoms with Crippen molar-refractivity contribution in [3.8, 4) is 11.1 Å². The Kier molecular flexibility index (Phi) is 9.33. The van der Waals surface area contributed by atoms with Crippen LogP contribution in [0.2, 0.25) is 0 Å². The monoisotopic (exact) mass is 254 g/mol. The van der Waals surface area contributed by atoms with Gasteiger partial charge in [-0.3, -0.25) is 0 Å². The van der Waals surface area contributed by atoms with E-state index >= 15 is 0 Å². The van der Waals surface area contributed by atoms with Crippen LogP contribution in [0.1, 0.15) is 33.3 Å². The normalized spacial score (nSPS) is 8.26. The van der Waals surface area contributed by atoms with Crippen LogP contribution in [0.3, 0.4) is 0 Å². The first kappa shape index (κ1) is 17.3. The molecule has 2 aromatic rings. The van der Waals surface area contributed by atoms with E-state index < -0.39 is 0 Å². The van der Waals surface area contributed by atoms with Crippen molar-refractivity contribution in [2.75, 3.05) is 0 Å². The van der Waals surface area contributed by atoms with Crippen LogP contribution in [-0.4, -0.2) is 7.15 Å². The van der Waals surface area contributed by atoms with Crippen molar-refractivity contribution in [1.82, 2.24) is 0 Å². The van der Waals surface area contributed by atoms with Crippen LogP contribution in [-0.2, 0) is 4.70 Å². The molecule has 2 aromatic carbocycles. The molecule has 0 fully saturated rings. The standard InChI is InChI=1S/C13H11BO.2C2H6/c1-10-12(8-5-9-13(10)14-15)11-6-3-2-4-7-11;2*1-2/h2-9H,1H3;2*1-2H3. The predicted molar refractivity (Wildman–Crippen MR) is 85.4 cm³/mol. The third-order valence-electron chi connectivity index (χ3n) is 2.59. The molecule has 0 spiro atoms. The summed E-state index contributed by atoms with van der Waals surface area (Å²) in [4.78, 5) is 0. The fraction of sp³-hybridized carbons (Fsp3) is 0.294. The van der Waals surface area contributed by atoms with Gasteiger partial charge in [-0.2, -0.15) is 0 Å². The second-order valence-electron chi connectivity index (χ2n) is 3.50. The van der Waals surface area contributed by atoms with Crippen LogP contribution in [0.25, 0.3) is 11.1 Å². The van der Waals surface area contributed by atoms with E-state index in [0.29, 0.717) is 0 Å². The minimum absolute atomic E-state index is 0.761. The van der Waals surface area contributed by atoms with E-state index in [1.807, 2.05) is 71.0 Å². The van der Waals surface area contributed by atoms with Crippen molar-refractivity contribution in [2.45, 2.75) is 34.6 Å². The molecule has 0 heterocycles. The molecule has 0 aliphatic rings. The molecule has 0 aromatic heterocycles. The van der Waals surface area contributed by atoms with Gasteiger partial charge in [-0.1, -0.05) is 27.7 Å². The summed E-state index contributed by atoms with van der Waals surface area (Å²) in [5.41, 5.74) is 4.08. The first-order chi connectivity index (χ1) is 9.33. The third-order valence-corrected chi connectivity index (χ3v) is 2.59. The van der Waals surface area contributed by atoms with Crippen LogP contribution >= 0.6 is 0 Å². The summed E-state index contributed by atoms with van der Waals surface area (Å²) >= 11 is 0. The van der Waals surface area contributed by atoms with Crippen molar-refractivity contribution in [2.24, 2.45) is 0 Å². The maximum absolute atomic E-state index is 10.8. The Hall–Kier alpha value is -1.70.